The number of nitrogens with zero attached hydrogens (tertiary/aromatic N) is 6. The van der Waals surface area contributed by atoms with Gasteiger partial charge in [0.2, 0.25) is 5.89 Å². The van der Waals surface area contributed by atoms with Gasteiger partial charge in [0.25, 0.3) is 0 Å². The smallest absolute Gasteiger partial charge is 0.417 e. The van der Waals surface area contributed by atoms with Crippen LogP contribution in [0.4, 0.5) is 13.2 Å². The third-order valence-electron chi connectivity index (χ3n) is 5.81. The van der Waals surface area contributed by atoms with Gasteiger partial charge < -0.3 is 14.3 Å². The number of hydrogen-bond acceptors (Lipinski definition) is 6. The van der Waals surface area contributed by atoms with E-state index < -0.39 is 23.8 Å². The van der Waals surface area contributed by atoms with Crippen LogP contribution in [0.5, 0.6) is 0 Å². The Bertz CT molecular complexity index is 1330. The molecule has 2 aliphatic rings. The third-order valence-corrected chi connectivity index (χ3v) is 5.81. The average Bonchev–Trinajstić information content (AvgIpc) is 3.18. The number of alkyl halides is 3. The van der Waals surface area contributed by atoms with Crippen molar-refractivity contribution in [1.82, 2.24) is 34.7 Å². The predicted molar refractivity (Wildman–Crippen MR) is 102 cm³/mol. The molecule has 0 saturated heterocycles. The van der Waals surface area contributed by atoms with Crippen molar-refractivity contribution < 1.29 is 22.4 Å². The first-order valence-electron chi connectivity index (χ1n) is 10.1. The average molecular weight is 443 g/mol. The van der Waals surface area contributed by atoms with Crippen LogP contribution in [-0.4, -0.2) is 47.1 Å². The maximum absolute atomic E-state index is 13.5. The van der Waals surface area contributed by atoms with E-state index in [1.807, 2.05) is 0 Å². The van der Waals surface area contributed by atoms with Crippen LogP contribution in [0, 0.1) is 0 Å². The summed E-state index contributed by atoms with van der Waals surface area (Å²) in [6.45, 7) is 0.292. The summed E-state index contributed by atoms with van der Waals surface area (Å²) in [4.78, 5) is 22.1. The Morgan fingerprint density at radius 3 is 2.84 bits per heavy atom. The second-order valence-corrected chi connectivity index (χ2v) is 7.95. The fourth-order valence-corrected chi connectivity index (χ4v) is 4.12. The molecule has 4 aromatic rings. The molecule has 164 valence electrons. The number of imidazole rings is 1. The first kappa shape index (κ1) is 19.0. The first-order chi connectivity index (χ1) is 15.4. The van der Waals surface area contributed by atoms with Gasteiger partial charge in [0.05, 0.1) is 23.2 Å². The van der Waals surface area contributed by atoms with Crippen LogP contribution in [0.1, 0.15) is 64.2 Å². The number of pyridine rings is 1. The van der Waals surface area contributed by atoms with Gasteiger partial charge >= 0.3 is 18.0 Å². The number of nitrogens with one attached hydrogen (secondary N) is 1. The van der Waals surface area contributed by atoms with Crippen LogP contribution in [0.3, 0.4) is 0 Å². The van der Waals surface area contributed by atoms with E-state index in [0.717, 1.165) is 29.1 Å². The maximum Gasteiger partial charge on any atom is 0.433 e. The number of carbonyl (C=O) groups is 1. The molecule has 1 saturated carbocycles. The van der Waals surface area contributed by atoms with E-state index >= 15 is 0 Å². The molecule has 0 bridgehead atoms. The second-order valence-electron chi connectivity index (χ2n) is 7.95. The fourth-order valence-electron chi connectivity index (χ4n) is 4.12. The molecule has 32 heavy (non-hydrogen) atoms. The summed E-state index contributed by atoms with van der Waals surface area (Å²) in [6, 6.07) is 4.56. The Kier molecular flexibility index (Phi) is 3.95. The molecule has 1 fully saturated rings. The number of fused-ring (bicyclic) bond motifs is 2. The van der Waals surface area contributed by atoms with Gasteiger partial charge in [-0.25, -0.2) is 9.50 Å². The molecule has 1 aliphatic carbocycles. The fraction of sp³-hybridized carbons (Fsp3) is 0.350. The van der Waals surface area contributed by atoms with Gasteiger partial charge in [-0.2, -0.15) is 18.3 Å². The highest BCUT2D eigenvalue weighted by atomic mass is 19.4. The monoisotopic (exact) mass is 443 g/mol. The normalized spacial score (nSPS) is 18.8. The zero-order chi connectivity index (χ0) is 22.0. The number of rotatable bonds is 3. The molecule has 0 aromatic carbocycles. The van der Waals surface area contributed by atoms with E-state index in [4.69, 9.17) is 4.42 Å². The molecule has 6 rings (SSSR count). The highest BCUT2D eigenvalue weighted by Crippen LogP contribution is 2.40. The van der Waals surface area contributed by atoms with Gasteiger partial charge in [-0.1, -0.05) is 6.07 Å². The Hall–Kier alpha value is -3.70. The van der Waals surface area contributed by atoms with E-state index in [2.05, 4.69) is 25.3 Å². The van der Waals surface area contributed by atoms with Crippen molar-refractivity contribution in [3.05, 3.63) is 65.1 Å². The number of halogens is 3. The molecule has 1 atom stereocenters. The third kappa shape index (κ3) is 2.97. The molecule has 12 heteroatoms. The minimum absolute atomic E-state index is 0.143. The largest absolute Gasteiger partial charge is 0.433 e. The van der Waals surface area contributed by atoms with Crippen molar-refractivity contribution in [3.63, 3.8) is 0 Å². The number of aromatic amines is 1. The summed E-state index contributed by atoms with van der Waals surface area (Å²) in [6.07, 6.45) is -0.683. The topological polar surface area (TPSA) is 105 Å². The van der Waals surface area contributed by atoms with Gasteiger partial charge in [0.15, 0.2) is 0 Å². The van der Waals surface area contributed by atoms with Crippen LogP contribution in [0.2, 0.25) is 0 Å². The number of carbonyl (C=O) groups excluding carboxylic acids is 1. The summed E-state index contributed by atoms with van der Waals surface area (Å²) >= 11 is 0. The van der Waals surface area contributed by atoms with Gasteiger partial charge in [-0.3, -0.25) is 4.79 Å². The lowest BCUT2D eigenvalue weighted by Crippen LogP contribution is -2.41. The summed E-state index contributed by atoms with van der Waals surface area (Å²) in [5.74, 6) is -0.0185. The zero-order valence-electron chi connectivity index (χ0n) is 16.5. The van der Waals surface area contributed by atoms with Gasteiger partial charge in [-0.15, -0.1) is 10.2 Å². The van der Waals surface area contributed by atoms with Crippen LogP contribution < -0.4 is 0 Å². The van der Waals surface area contributed by atoms with Crippen molar-refractivity contribution in [3.8, 4) is 0 Å². The van der Waals surface area contributed by atoms with Crippen molar-refractivity contribution in [1.29, 1.82) is 0 Å². The van der Waals surface area contributed by atoms with E-state index in [0.29, 0.717) is 24.6 Å². The highest BCUT2D eigenvalue weighted by molar-refractivity contribution is 5.90. The molecular formula is C20H16F3N7O2. The van der Waals surface area contributed by atoms with Crippen molar-refractivity contribution in [2.45, 2.75) is 37.4 Å². The lowest BCUT2D eigenvalue weighted by molar-refractivity contribution is -0.142. The molecule has 1 N–H and O–H groups in total. The molecule has 5 heterocycles. The molecule has 4 aromatic heterocycles. The molecule has 0 unspecified atom stereocenters. The molecular weight excluding hydrogens is 427 g/mol. The Morgan fingerprint density at radius 1 is 1.22 bits per heavy atom. The lowest BCUT2D eigenvalue weighted by Gasteiger charge is -2.32. The molecule has 9 nitrogen and oxygen atoms in total. The number of hydrogen-bond donors (Lipinski definition) is 1. The van der Waals surface area contributed by atoms with Gasteiger partial charge in [0, 0.05) is 24.6 Å². The van der Waals surface area contributed by atoms with Crippen LogP contribution in [0.15, 0.2) is 35.0 Å². The Morgan fingerprint density at radius 2 is 2.06 bits per heavy atom. The van der Waals surface area contributed by atoms with Crippen LogP contribution >= 0.6 is 0 Å². The lowest BCUT2D eigenvalue weighted by atomic mass is 9.99. The SMILES string of the molecule is O=C(c1nnc(C2CC2)o1)N1CCc2[nH]cnc2[C@H]1c1cc2cccc(C(F)(F)F)n2n1. The predicted octanol–water partition coefficient (Wildman–Crippen LogP) is 3.12. The van der Waals surface area contributed by atoms with Gasteiger partial charge in [0.1, 0.15) is 11.7 Å². The molecule has 1 aliphatic heterocycles. The standard InChI is InChI=1S/C20H16F3N7O2/c21-20(22,23)14-3-1-2-11-8-13(28-30(11)14)16-15-12(24-9-25-15)6-7-29(16)19(31)18-27-26-17(32-18)10-4-5-10/h1-3,8-10,16H,4-7H2,(H,24,25)/t16-/m1/s1. The van der Waals surface area contributed by atoms with Crippen LogP contribution in [-0.2, 0) is 12.6 Å². The van der Waals surface area contributed by atoms with E-state index in [-0.39, 0.29) is 23.0 Å². The van der Waals surface area contributed by atoms with Gasteiger partial charge in [-0.05, 0) is 31.0 Å². The summed E-state index contributed by atoms with van der Waals surface area (Å²) < 4.78 is 46.9. The maximum atomic E-state index is 13.5. The molecule has 0 spiro atoms. The number of aromatic nitrogens is 6. The zero-order valence-corrected chi connectivity index (χ0v) is 16.5. The van der Waals surface area contributed by atoms with E-state index in [1.165, 1.54) is 29.4 Å². The summed E-state index contributed by atoms with van der Waals surface area (Å²) in [5.41, 5.74) is 0.965. The summed E-state index contributed by atoms with van der Waals surface area (Å²) in [7, 11) is 0. The molecule has 0 radical (unpaired) electrons. The van der Waals surface area contributed by atoms with Crippen molar-refractivity contribution >= 4 is 11.4 Å². The second kappa shape index (κ2) is 6.65. The van der Waals surface area contributed by atoms with Crippen molar-refractivity contribution in [2.24, 2.45) is 0 Å². The Balaban J connectivity index is 1.45. The number of amides is 1. The Labute approximate surface area is 178 Å². The molecule has 1 amide bonds. The van der Waals surface area contributed by atoms with E-state index in [1.54, 1.807) is 0 Å². The minimum atomic E-state index is -4.58. The summed E-state index contributed by atoms with van der Waals surface area (Å²) in [5, 5.41) is 12.1. The highest BCUT2D eigenvalue weighted by Gasteiger charge is 2.40. The number of H-pyrrole nitrogens is 1. The van der Waals surface area contributed by atoms with Crippen molar-refractivity contribution in [2.75, 3.05) is 6.54 Å². The minimum Gasteiger partial charge on any atom is -0.417 e. The quantitative estimate of drug-likeness (QED) is 0.522. The van der Waals surface area contributed by atoms with Crippen LogP contribution in [0.25, 0.3) is 5.52 Å². The first-order valence-corrected chi connectivity index (χ1v) is 10.1. The van der Waals surface area contributed by atoms with E-state index in [9.17, 15) is 18.0 Å².